The molecule has 0 aliphatic heterocycles. The second-order valence-corrected chi connectivity index (χ2v) is 29.9. The number of phosphoric acid groups is 1. The number of nitrogens with zero attached hydrogens (tertiary/aromatic N) is 1. The van der Waals surface area contributed by atoms with E-state index in [2.05, 4.69) is 123 Å². The summed E-state index contributed by atoms with van der Waals surface area (Å²) >= 11 is 0. The van der Waals surface area contributed by atoms with Gasteiger partial charge < -0.3 is 18.9 Å². The topological polar surface area (TPSA) is 108 Å². The number of unbranched alkanes of at least 4 members (excludes halogenated alkanes) is 43. The van der Waals surface area contributed by atoms with Crippen molar-refractivity contribution < 1.29 is 42.1 Å². The Hall–Kier alpha value is -3.33. The number of quaternary nitrogens is 1. The van der Waals surface area contributed by atoms with Gasteiger partial charge in [-0.3, -0.25) is 18.6 Å². The second-order valence-electron chi connectivity index (χ2n) is 28.4. The van der Waals surface area contributed by atoms with Crippen LogP contribution in [0.1, 0.15) is 373 Å². The average Bonchev–Trinajstić information content (AvgIpc) is 1.98. The number of esters is 2. The van der Waals surface area contributed by atoms with E-state index in [1.54, 1.807) is 0 Å². The van der Waals surface area contributed by atoms with Crippen molar-refractivity contribution in [3.8, 4) is 0 Å². The van der Waals surface area contributed by atoms with Gasteiger partial charge >= 0.3 is 19.8 Å². The van der Waals surface area contributed by atoms with Crippen LogP contribution in [-0.4, -0.2) is 74.9 Å². The molecule has 556 valence electrons. The van der Waals surface area contributed by atoms with Crippen LogP contribution in [0, 0.1) is 0 Å². The van der Waals surface area contributed by atoms with Crippen molar-refractivity contribution in [1.82, 2.24) is 0 Å². The maximum absolute atomic E-state index is 12.9. The van der Waals surface area contributed by atoms with E-state index in [0.717, 1.165) is 89.9 Å². The minimum Gasteiger partial charge on any atom is -0.462 e. The van der Waals surface area contributed by atoms with Crippen molar-refractivity contribution in [3.63, 3.8) is 0 Å². The lowest BCUT2D eigenvalue weighted by atomic mass is 10.0. The van der Waals surface area contributed by atoms with Gasteiger partial charge in [-0.05, 0) is 103 Å². The van der Waals surface area contributed by atoms with Crippen LogP contribution in [0.2, 0.25) is 0 Å². The van der Waals surface area contributed by atoms with Crippen molar-refractivity contribution in [1.29, 1.82) is 0 Å². The molecule has 0 aromatic heterocycles. The van der Waals surface area contributed by atoms with Crippen LogP contribution < -0.4 is 0 Å². The van der Waals surface area contributed by atoms with E-state index in [0.29, 0.717) is 23.9 Å². The van der Waals surface area contributed by atoms with Crippen LogP contribution in [0.25, 0.3) is 0 Å². The van der Waals surface area contributed by atoms with Crippen molar-refractivity contribution in [2.24, 2.45) is 0 Å². The Morgan fingerprint density at radius 2 is 0.594 bits per heavy atom. The Kier molecular flexibility index (Phi) is 73.2. The van der Waals surface area contributed by atoms with Gasteiger partial charge in [-0.1, -0.05) is 367 Å². The summed E-state index contributed by atoms with van der Waals surface area (Å²) in [5, 5.41) is 0. The number of likely N-dealkylation sites (N-methyl/N-ethyl adjacent to an activating group) is 1. The maximum Gasteiger partial charge on any atom is 0.472 e. The van der Waals surface area contributed by atoms with Gasteiger partial charge in [0.2, 0.25) is 0 Å². The van der Waals surface area contributed by atoms with E-state index in [1.165, 1.54) is 250 Å². The van der Waals surface area contributed by atoms with Gasteiger partial charge in [0, 0.05) is 12.8 Å². The molecule has 0 aromatic carbocycles. The lowest BCUT2D eigenvalue weighted by Crippen LogP contribution is -2.37. The van der Waals surface area contributed by atoms with Crippen LogP contribution in [0.4, 0.5) is 0 Å². The van der Waals surface area contributed by atoms with Crippen molar-refractivity contribution in [2.45, 2.75) is 380 Å². The van der Waals surface area contributed by atoms with Gasteiger partial charge in [0.1, 0.15) is 19.8 Å². The molecule has 0 aliphatic carbocycles. The summed E-state index contributed by atoms with van der Waals surface area (Å²) in [7, 11) is 1.49. The minimum absolute atomic E-state index is 0.0301. The molecule has 0 aliphatic rings. The maximum atomic E-state index is 12.9. The SMILES string of the molecule is CC/C=C\C/C=C\C/C=C\C/C=C\C/C=C\C/C=C\C/C=C\C/C=C\CCCCCCCCCCCCCCCCC(=O)OC(COC(=O)CCCCCCCCCCCCCCCCCCCCCCC/C=C\CCCCCCCCCC)COP(=O)(O)OCC[N+](C)(C)C. The van der Waals surface area contributed by atoms with Gasteiger partial charge in [0.25, 0.3) is 0 Å². The normalized spacial score (nSPS) is 13.6. The molecule has 0 aromatic rings. The molecule has 96 heavy (non-hydrogen) atoms. The highest BCUT2D eigenvalue weighted by molar-refractivity contribution is 7.47. The first-order valence-corrected chi connectivity index (χ1v) is 42.1. The number of rotatable bonds is 75. The first kappa shape index (κ1) is 92.7. The quantitative estimate of drug-likeness (QED) is 0.0211. The fourth-order valence-electron chi connectivity index (χ4n) is 11.6. The van der Waals surface area contributed by atoms with Gasteiger partial charge in [-0.2, -0.15) is 0 Å². The van der Waals surface area contributed by atoms with Crippen LogP contribution in [0.15, 0.2) is 109 Å². The summed E-state index contributed by atoms with van der Waals surface area (Å²) in [4.78, 5) is 36.0. The van der Waals surface area contributed by atoms with Crippen LogP contribution >= 0.6 is 7.82 Å². The van der Waals surface area contributed by atoms with E-state index in [9.17, 15) is 19.0 Å². The summed E-state index contributed by atoms with van der Waals surface area (Å²) < 4.78 is 34.8. The number of carbonyl (C=O) groups excluding carboxylic acids is 2. The molecule has 0 spiro atoms. The lowest BCUT2D eigenvalue weighted by molar-refractivity contribution is -0.870. The van der Waals surface area contributed by atoms with Crippen LogP contribution in [0.3, 0.4) is 0 Å². The van der Waals surface area contributed by atoms with Gasteiger partial charge in [0.15, 0.2) is 6.10 Å². The summed E-state index contributed by atoms with van der Waals surface area (Å²) in [6.45, 7) is 4.37. The molecule has 0 heterocycles. The molecule has 0 radical (unpaired) electrons. The predicted molar refractivity (Wildman–Crippen MR) is 418 cm³/mol. The van der Waals surface area contributed by atoms with Gasteiger partial charge in [-0.25, -0.2) is 4.57 Å². The number of allylic oxidation sites excluding steroid dienone is 18. The summed E-state index contributed by atoms with van der Waals surface area (Å²) in [6, 6.07) is 0. The van der Waals surface area contributed by atoms with Crippen LogP contribution in [-0.2, 0) is 32.7 Å². The molecule has 1 N–H and O–H groups in total. The summed E-state index contributed by atoms with van der Waals surface area (Å²) in [5.41, 5.74) is 0. The molecule has 0 amide bonds. The van der Waals surface area contributed by atoms with Crippen LogP contribution in [0.5, 0.6) is 0 Å². The summed E-state index contributed by atoms with van der Waals surface area (Å²) in [6.07, 6.45) is 108. The molecule has 0 saturated heterocycles. The summed E-state index contributed by atoms with van der Waals surface area (Å²) in [5.74, 6) is -0.784. The van der Waals surface area contributed by atoms with Gasteiger partial charge in [0.05, 0.1) is 27.7 Å². The Labute approximate surface area is 595 Å². The smallest absolute Gasteiger partial charge is 0.462 e. The third-order valence-electron chi connectivity index (χ3n) is 17.8. The fraction of sp³-hybridized carbons (Fsp3) is 0.767. The highest BCUT2D eigenvalue weighted by Gasteiger charge is 2.27. The molecular weight excluding hydrogens is 1210 g/mol. The highest BCUT2D eigenvalue weighted by atomic mass is 31.2. The Morgan fingerprint density at radius 3 is 0.896 bits per heavy atom. The average molecular weight is 1360 g/mol. The Morgan fingerprint density at radius 1 is 0.333 bits per heavy atom. The van der Waals surface area contributed by atoms with E-state index < -0.39 is 26.5 Å². The van der Waals surface area contributed by atoms with Crippen molar-refractivity contribution in [3.05, 3.63) is 109 Å². The molecule has 0 bridgehead atoms. The van der Waals surface area contributed by atoms with Gasteiger partial charge in [-0.15, -0.1) is 0 Å². The zero-order valence-corrected chi connectivity index (χ0v) is 64.5. The van der Waals surface area contributed by atoms with Crippen molar-refractivity contribution >= 4 is 19.8 Å². The zero-order chi connectivity index (χ0) is 69.7. The third kappa shape index (κ3) is 79.7. The van der Waals surface area contributed by atoms with Crippen molar-refractivity contribution in [2.75, 3.05) is 47.5 Å². The molecular formula is C86H155NO8P+. The molecule has 0 rings (SSSR count). The first-order chi connectivity index (χ1) is 47.0. The minimum atomic E-state index is -4.40. The molecule has 2 atom stereocenters. The highest BCUT2D eigenvalue weighted by Crippen LogP contribution is 2.43. The first-order valence-electron chi connectivity index (χ1n) is 40.6. The van der Waals surface area contributed by atoms with E-state index >= 15 is 0 Å². The molecule has 0 saturated carbocycles. The second kappa shape index (κ2) is 75.9. The molecule has 0 fully saturated rings. The number of ether oxygens (including phenoxy) is 2. The monoisotopic (exact) mass is 1360 g/mol. The number of carbonyl (C=O) groups is 2. The lowest BCUT2D eigenvalue weighted by Gasteiger charge is -2.24. The largest absolute Gasteiger partial charge is 0.472 e. The third-order valence-corrected chi connectivity index (χ3v) is 18.8. The predicted octanol–water partition coefficient (Wildman–Crippen LogP) is 27.2. The zero-order valence-electron chi connectivity index (χ0n) is 63.6. The van der Waals surface area contributed by atoms with E-state index in [-0.39, 0.29) is 25.6 Å². The molecule has 10 heteroatoms. The number of hydrogen-bond acceptors (Lipinski definition) is 7. The fourth-order valence-corrected chi connectivity index (χ4v) is 12.4. The number of hydrogen-bond donors (Lipinski definition) is 1. The van der Waals surface area contributed by atoms with E-state index in [1.807, 2.05) is 21.1 Å². The number of phosphoric ester groups is 1. The Balaban J connectivity index is 3.97. The molecule has 2 unspecified atom stereocenters. The standard InChI is InChI=1S/C86H154NO8P/c1-6-8-10-12-14-16-18-20-22-24-26-28-30-32-34-36-38-40-41-42-43-44-45-47-49-51-53-55-57-59-61-63-65-67-69-71-73-75-77-79-86(89)95-84(83-94-96(90,91)93-81-80-87(3,4)5)82-92-85(88)78-76-74-72-70-68-66-64-62-60-58-56-54-52-50-48-46-39-37-35-33-31-29-27-25-23-21-19-17-15-13-11-9-7-2/h8,10,14,16,20,22,25-28,32,34,38,40,42-43,45,47,84H,6-7,9,11-13,15,17-19,21,23-24,29-31,33,35-37,39,41,44,46,48-83H2,1-5H3/p+1/b10-8-,16-14-,22-20-,27-25-,28-26-,34-32-,40-38-,43-42-,47-45-. The Bertz CT molecular complexity index is 1990. The molecule has 9 nitrogen and oxygen atoms in total. The van der Waals surface area contributed by atoms with E-state index in [4.69, 9.17) is 18.5 Å².